The van der Waals surface area contributed by atoms with Gasteiger partial charge in [-0.2, -0.15) is 56.3 Å². The van der Waals surface area contributed by atoms with Crippen molar-refractivity contribution < 1.29 is 52.7 Å². The molecule has 0 aliphatic heterocycles. The van der Waals surface area contributed by atoms with Crippen LogP contribution >= 0.6 is 47.8 Å². The van der Waals surface area contributed by atoms with E-state index in [9.17, 15) is 52.7 Å². The van der Waals surface area contributed by atoms with Crippen LogP contribution < -0.4 is 9.27 Å². The number of rotatable bonds is 7. The van der Waals surface area contributed by atoms with Crippen molar-refractivity contribution in [2.45, 2.75) is 22.0 Å². The topological polar surface area (TPSA) is 27.3 Å². The van der Waals surface area contributed by atoms with E-state index >= 15 is 0 Å². The molecule has 0 radical (unpaired) electrons. The molecule has 0 unspecified atom stereocenters. The normalized spacial score (nSPS) is 14.4. The number of halogens is 12. The van der Waals surface area contributed by atoms with Gasteiger partial charge in [0.2, 0.25) is 0 Å². The van der Waals surface area contributed by atoms with Gasteiger partial charge in [-0.1, -0.05) is 0 Å². The van der Waals surface area contributed by atoms with Crippen molar-refractivity contribution >= 4 is 54.9 Å². The molecule has 0 aliphatic rings. The van der Waals surface area contributed by atoms with Crippen molar-refractivity contribution in [1.82, 2.24) is 12.9 Å². The van der Waals surface area contributed by atoms with E-state index < -0.39 is 80.6 Å². The average molecular weight is 459 g/mol. The number of nitrogens with one attached hydrogen (secondary N) is 2. The first-order chi connectivity index (χ1) is 10.4. The molecule has 20 heteroatoms. The average Bonchev–Trinajstić information content (AvgIpc) is 2.20. The molecule has 0 aromatic rings. The predicted octanol–water partition coefficient (Wildman–Crippen LogP) is 5.12. The van der Waals surface area contributed by atoms with Crippen LogP contribution in [0.5, 0.6) is 0 Å². The lowest BCUT2D eigenvalue weighted by Crippen LogP contribution is -2.53. The van der Waals surface area contributed by atoms with Crippen LogP contribution in [0.15, 0.2) is 0 Å². The second-order valence-electron chi connectivity index (χ2n) is 3.09. The number of hydrogen-bond acceptors (Lipinski definition) is 7. The fourth-order valence-corrected chi connectivity index (χ4v) is 3.33. The zero-order valence-corrected chi connectivity index (χ0v) is 13.5. The van der Waals surface area contributed by atoms with Gasteiger partial charge in [0.15, 0.2) is 0 Å². The Kier molecular flexibility index (Phi) is 9.12. The van der Waals surface area contributed by atoms with E-state index in [0.29, 0.717) is 0 Å². The maximum absolute atomic E-state index is 12.2. The quantitative estimate of drug-likeness (QED) is 0.310. The highest BCUT2D eigenvalue weighted by Gasteiger charge is 2.47. The zero-order valence-electron chi connectivity index (χ0n) is 10.2. The molecule has 2 N–H and O–H groups in total. The maximum atomic E-state index is 12.2. The Morgan fingerprint density at radius 2 is 0.833 bits per heavy atom. The molecule has 0 aromatic heterocycles. The minimum absolute atomic E-state index is 0.864. The molecule has 0 amide bonds. The lowest BCUT2D eigenvalue weighted by atomic mass is 10.0. The van der Waals surface area contributed by atoms with Gasteiger partial charge >= 0.3 is 29.2 Å². The first-order valence-corrected chi connectivity index (χ1v) is 7.87. The fraction of sp³-hybridized carbons (Fsp3) is 1.00. The monoisotopic (exact) mass is 459 g/mol. The van der Waals surface area contributed by atoms with E-state index in [0.717, 1.165) is 9.27 Å². The van der Waals surface area contributed by atoms with Gasteiger partial charge in [0.1, 0.15) is 0 Å². The Morgan fingerprint density at radius 3 is 1.04 bits per heavy atom. The van der Waals surface area contributed by atoms with Crippen LogP contribution in [0.3, 0.4) is 0 Å². The molecule has 0 saturated heterocycles. The molecule has 0 bridgehead atoms. The van der Waals surface area contributed by atoms with Crippen LogP contribution in [-0.4, -0.2) is 32.8 Å². The van der Waals surface area contributed by atoms with Gasteiger partial charge in [0, 0.05) is 47.8 Å². The van der Waals surface area contributed by atoms with Crippen molar-refractivity contribution in [3.63, 3.8) is 0 Å². The molecule has 0 aliphatic carbocycles. The van der Waals surface area contributed by atoms with Crippen LogP contribution in [0.1, 0.15) is 0 Å². The summed E-state index contributed by atoms with van der Waals surface area (Å²) >= 11 is -5.79. The second kappa shape index (κ2) is 8.93. The van der Waals surface area contributed by atoms with Gasteiger partial charge in [0.25, 0.3) is 0 Å². The van der Waals surface area contributed by atoms with Gasteiger partial charge in [-0.25, -0.2) is 0 Å². The summed E-state index contributed by atoms with van der Waals surface area (Å²) in [5.74, 6) is 0. The summed E-state index contributed by atoms with van der Waals surface area (Å²) in [6, 6.07) is 0. The van der Waals surface area contributed by atoms with Crippen molar-refractivity contribution in [1.29, 1.82) is 0 Å². The molecular formula is C4H2BF12N3S4. The summed E-state index contributed by atoms with van der Waals surface area (Å²) < 4.78 is 146. The van der Waals surface area contributed by atoms with Crippen LogP contribution in [0, 0.1) is 0 Å². The molecule has 0 heterocycles. The Hall–Kier alpha value is 0.505. The molecule has 0 saturated carbocycles. The third-order valence-electron chi connectivity index (χ3n) is 1.17. The highest BCUT2D eigenvalue weighted by atomic mass is 32.2. The molecule has 0 fully saturated rings. The minimum Gasteiger partial charge on any atom is -0.264 e. The Bertz CT molecular complexity index is 346. The van der Waals surface area contributed by atoms with Gasteiger partial charge < -0.3 is 0 Å². The third kappa shape index (κ3) is 14.8. The van der Waals surface area contributed by atoms with E-state index in [2.05, 4.69) is 0 Å². The highest BCUT2D eigenvalue weighted by molar-refractivity contribution is 8.14. The zero-order chi connectivity index (χ0) is 19.4. The van der Waals surface area contributed by atoms with Crippen LogP contribution in [0.4, 0.5) is 52.7 Å². The van der Waals surface area contributed by atoms with Gasteiger partial charge in [-0.05, 0) is 0 Å². The van der Waals surface area contributed by atoms with E-state index in [1.54, 1.807) is 0 Å². The highest BCUT2D eigenvalue weighted by Crippen LogP contribution is 2.44. The lowest BCUT2D eigenvalue weighted by Gasteiger charge is -2.27. The summed E-state index contributed by atoms with van der Waals surface area (Å²) in [5.41, 5.74) is -21.2. The SMILES string of the molecule is FC(F)(F)SNB(NSC(F)(F)F)N(SC(F)(F)F)SC(F)(F)F. The summed E-state index contributed by atoms with van der Waals surface area (Å²) in [6.45, 7) is 0. The largest absolute Gasteiger partial charge is 0.456 e. The third-order valence-corrected chi connectivity index (χ3v) is 3.96. The van der Waals surface area contributed by atoms with Crippen molar-refractivity contribution in [3.8, 4) is 0 Å². The van der Waals surface area contributed by atoms with Gasteiger partial charge in [-0.15, -0.1) is 0 Å². The standard InChI is InChI=1S/C4H2BF12N3S4/c6-1(7,8)21-18-5(19-22-2(9,10)11)20(23-3(12,13)14)24-4(15,16)17/h18-19H. The smallest absolute Gasteiger partial charge is 0.264 e. The molecule has 24 heavy (non-hydrogen) atoms. The summed E-state index contributed by atoms with van der Waals surface area (Å²) in [7, 11) is -2.82. The molecule has 3 nitrogen and oxygen atoms in total. The van der Waals surface area contributed by atoms with E-state index in [1.165, 1.54) is 0 Å². The number of alkyl halides is 12. The van der Waals surface area contributed by atoms with Gasteiger partial charge in [0.05, 0.1) is 0 Å². The van der Waals surface area contributed by atoms with Crippen LogP contribution in [0.25, 0.3) is 0 Å². The van der Waals surface area contributed by atoms with Crippen LogP contribution in [0.2, 0.25) is 0 Å². The summed E-state index contributed by atoms with van der Waals surface area (Å²) in [5, 5.41) is 0. The molecule has 0 atom stereocenters. The minimum atomic E-state index is -5.41. The second-order valence-corrected chi connectivity index (χ2v) is 7.21. The first kappa shape index (κ1) is 24.5. The van der Waals surface area contributed by atoms with Crippen LogP contribution in [-0.2, 0) is 0 Å². The summed E-state index contributed by atoms with van der Waals surface area (Å²) in [4.78, 5) is 0. The van der Waals surface area contributed by atoms with Crippen molar-refractivity contribution in [3.05, 3.63) is 0 Å². The molecule has 0 aromatic carbocycles. The van der Waals surface area contributed by atoms with E-state index in [4.69, 9.17) is 0 Å². The summed E-state index contributed by atoms with van der Waals surface area (Å²) in [6.07, 6.45) is 0. The van der Waals surface area contributed by atoms with Gasteiger partial charge in [-0.3, -0.25) is 9.27 Å². The predicted molar refractivity (Wildman–Crippen MR) is 68.4 cm³/mol. The van der Waals surface area contributed by atoms with Crippen molar-refractivity contribution in [2.24, 2.45) is 0 Å². The molecule has 0 rings (SSSR count). The molecular weight excluding hydrogens is 457 g/mol. The maximum Gasteiger partial charge on any atom is 0.456 e. The first-order valence-electron chi connectivity index (χ1n) is 4.69. The van der Waals surface area contributed by atoms with E-state index in [1.807, 2.05) is 0 Å². The molecule has 144 valence electrons. The lowest BCUT2D eigenvalue weighted by molar-refractivity contribution is -0.0371. The Balaban J connectivity index is 5.27. The fourth-order valence-electron chi connectivity index (χ4n) is 0.683. The number of nitrogens with zero attached hydrogens (tertiary/aromatic N) is 1. The van der Waals surface area contributed by atoms with Crippen molar-refractivity contribution in [2.75, 3.05) is 0 Å². The number of hydrogen-bond donors (Lipinski definition) is 2. The van der Waals surface area contributed by atoms with E-state index in [-0.39, 0.29) is 0 Å². The Morgan fingerprint density at radius 1 is 0.542 bits per heavy atom. The molecule has 0 spiro atoms. The Labute approximate surface area is 143 Å².